The smallest absolute Gasteiger partial charge is 0.321 e. The van der Waals surface area contributed by atoms with E-state index in [2.05, 4.69) is 10.2 Å². The Bertz CT molecular complexity index is 474. The number of hydrogen-bond acceptors (Lipinski definition) is 2. The van der Waals surface area contributed by atoms with Crippen LogP contribution in [0.5, 0.6) is 0 Å². The molecule has 2 aliphatic rings. The number of carbonyl (C=O) groups excluding carboxylic acids is 1. The van der Waals surface area contributed by atoms with Gasteiger partial charge >= 0.3 is 6.03 Å². The Labute approximate surface area is 114 Å². The molecule has 0 aromatic heterocycles. The Hall–Kier alpha value is -1.55. The molecule has 1 aromatic rings. The monoisotopic (exact) mass is 259 g/mol. The number of hydrogen-bond donors (Lipinski definition) is 1. The van der Waals surface area contributed by atoms with Crippen molar-refractivity contribution in [2.45, 2.75) is 25.8 Å². The van der Waals surface area contributed by atoms with Crippen LogP contribution in [0.3, 0.4) is 0 Å². The van der Waals surface area contributed by atoms with E-state index in [0.717, 1.165) is 30.9 Å². The lowest BCUT2D eigenvalue weighted by Crippen LogP contribution is -2.53. The molecule has 2 heterocycles. The maximum atomic E-state index is 12.3. The van der Waals surface area contributed by atoms with Crippen LogP contribution < -0.4 is 5.32 Å². The highest BCUT2D eigenvalue weighted by Crippen LogP contribution is 2.22. The van der Waals surface area contributed by atoms with Crippen molar-refractivity contribution in [3.8, 4) is 0 Å². The number of amides is 2. The first-order valence-corrected chi connectivity index (χ1v) is 7.09. The van der Waals surface area contributed by atoms with Gasteiger partial charge in [-0.3, -0.25) is 4.90 Å². The van der Waals surface area contributed by atoms with Crippen molar-refractivity contribution in [2.75, 3.05) is 31.5 Å². The van der Waals surface area contributed by atoms with Crippen molar-refractivity contribution in [1.29, 1.82) is 0 Å². The zero-order chi connectivity index (χ0) is 13.2. The zero-order valence-electron chi connectivity index (χ0n) is 11.4. The average molecular weight is 259 g/mol. The number of aryl methyl sites for hydroxylation is 1. The maximum Gasteiger partial charge on any atom is 0.321 e. The van der Waals surface area contributed by atoms with Crippen LogP contribution in [-0.2, 0) is 0 Å². The molecule has 1 aromatic carbocycles. The first kappa shape index (κ1) is 12.5. The topological polar surface area (TPSA) is 35.6 Å². The summed E-state index contributed by atoms with van der Waals surface area (Å²) in [7, 11) is 0. The standard InChI is InChI=1S/C15H21N3O/c1-12-5-2-3-7-14(12)16-15(19)18-10-9-17-8-4-6-13(17)11-18/h2-3,5,7,13H,4,6,8-11H2,1H3,(H,16,19). The SMILES string of the molecule is Cc1ccccc1NC(=O)N1CCN2CCCC2C1. The zero-order valence-corrected chi connectivity index (χ0v) is 11.4. The Morgan fingerprint density at radius 3 is 2.95 bits per heavy atom. The van der Waals surface area contributed by atoms with Crippen molar-refractivity contribution < 1.29 is 4.79 Å². The molecule has 1 N–H and O–H groups in total. The first-order valence-electron chi connectivity index (χ1n) is 7.09. The summed E-state index contributed by atoms with van der Waals surface area (Å²) in [4.78, 5) is 16.8. The fourth-order valence-electron chi connectivity index (χ4n) is 3.08. The van der Waals surface area contributed by atoms with Crippen LogP contribution in [0.4, 0.5) is 10.5 Å². The molecule has 0 saturated carbocycles. The highest BCUT2D eigenvalue weighted by Gasteiger charge is 2.32. The molecule has 102 valence electrons. The average Bonchev–Trinajstić information content (AvgIpc) is 2.88. The summed E-state index contributed by atoms with van der Waals surface area (Å²) in [5, 5.41) is 3.03. The second-order valence-corrected chi connectivity index (χ2v) is 5.52. The second kappa shape index (κ2) is 5.21. The minimum atomic E-state index is 0.0425. The van der Waals surface area contributed by atoms with E-state index in [1.165, 1.54) is 19.4 Å². The van der Waals surface area contributed by atoms with Crippen LogP contribution in [0.2, 0.25) is 0 Å². The lowest BCUT2D eigenvalue weighted by atomic mass is 10.1. The van der Waals surface area contributed by atoms with E-state index in [0.29, 0.717) is 6.04 Å². The van der Waals surface area contributed by atoms with Gasteiger partial charge < -0.3 is 10.2 Å². The molecular formula is C15H21N3O. The third-order valence-electron chi connectivity index (χ3n) is 4.26. The van der Waals surface area contributed by atoms with E-state index >= 15 is 0 Å². The fourth-order valence-corrected chi connectivity index (χ4v) is 3.08. The molecule has 4 nitrogen and oxygen atoms in total. The number of carbonyl (C=O) groups is 1. The van der Waals surface area contributed by atoms with Gasteiger partial charge in [-0.15, -0.1) is 0 Å². The van der Waals surface area contributed by atoms with Gasteiger partial charge in [0.15, 0.2) is 0 Å². The van der Waals surface area contributed by atoms with Crippen molar-refractivity contribution in [1.82, 2.24) is 9.80 Å². The van der Waals surface area contributed by atoms with Gasteiger partial charge in [0.25, 0.3) is 0 Å². The van der Waals surface area contributed by atoms with Gasteiger partial charge in [-0.2, -0.15) is 0 Å². The Morgan fingerprint density at radius 2 is 2.11 bits per heavy atom. The van der Waals surface area contributed by atoms with Crippen molar-refractivity contribution in [3.63, 3.8) is 0 Å². The van der Waals surface area contributed by atoms with Crippen LogP contribution in [0.1, 0.15) is 18.4 Å². The molecule has 2 saturated heterocycles. The number of nitrogens with one attached hydrogen (secondary N) is 1. The minimum absolute atomic E-state index is 0.0425. The first-order chi connectivity index (χ1) is 9.24. The number of urea groups is 1. The van der Waals surface area contributed by atoms with Crippen molar-refractivity contribution in [2.24, 2.45) is 0 Å². The van der Waals surface area contributed by atoms with Crippen molar-refractivity contribution >= 4 is 11.7 Å². The number of para-hydroxylation sites is 1. The van der Waals surface area contributed by atoms with Gasteiger partial charge in [0.1, 0.15) is 0 Å². The molecule has 2 fully saturated rings. The third-order valence-corrected chi connectivity index (χ3v) is 4.26. The van der Waals surface area contributed by atoms with E-state index < -0.39 is 0 Å². The van der Waals surface area contributed by atoms with Gasteiger partial charge in [0.05, 0.1) is 0 Å². The molecule has 0 bridgehead atoms. The van der Waals surface area contributed by atoms with E-state index in [-0.39, 0.29) is 6.03 Å². The lowest BCUT2D eigenvalue weighted by molar-refractivity contribution is 0.124. The molecule has 0 radical (unpaired) electrons. The normalized spacial score (nSPS) is 23.2. The van der Waals surface area contributed by atoms with Crippen LogP contribution in [-0.4, -0.2) is 48.1 Å². The second-order valence-electron chi connectivity index (χ2n) is 5.52. The predicted octanol–water partition coefficient (Wildman–Crippen LogP) is 2.31. The molecule has 2 amide bonds. The summed E-state index contributed by atoms with van der Waals surface area (Å²) < 4.78 is 0. The number of anilines is 1. The molecule has 19 heavy (non-hydrogen) atoms. The number of nitrogens with zero attached hydrogens (tertiary/aromatic N) is 2. The number of rotatable bonds is 1. The molecule has 0 spiro atoms. The number of benzene rings is 1. The van der Waals surface area contributed by atoms with Gasteiger partial charge in [-0.05, 0) is 37.9 Å². The lowest BCUT2D eigenvalue weighted by Gasteiger charge is -2.37. The van der Waals surface area contributed by atoms with E-state index in [1.54, 1.807) is 0 Å². The highest BCUT2D eigenvalue weighted by atomic mass is 16.2. The summed E-state index contributed by atoms with van der Waals surface area (Å²) in [5.74, 6) is 0. The molecule has 4 heteroatoms. The summed E-state index contributed by atoms with van der Waals surface area (Å²) in [6.45, 7) is 5.96. The predicted molar refractivity (Wildman–Crippen MR) is 76.4 cm³/mol. The number of fused-ring (bicyclic) bond motifs is 1. The van der Waals surface area contributed by atoms with E-state index in [4.69, 9.17) is 0 Å². The van der Waals surface area contributed by atoms with E-state index in [1.807, 2.05) is 36.1 Å². The molecular weight excluding hydrogens is 238 g/mol. The molecule has 1 unspecified atom stereocenters. The van der Waals surface area contributed by atoms with Gasteiger partial charge in [-0.25, -0.2) is 4.79 Å². The Morgan fingerprint density at radius 1 is 1.26 bits per heavy atom. The fraction of sp³-hybridized carbons (Fsp3) is 0.533. The van der Waals surface area contributed by atoms with Crippen LogP contribution in [0, 0.1) is 6.92 Å². The van der Waals surface area contributed by atoms with Gasteiger partial charge in [-0.1, -0.05) is 18.2 Å². The summed E-state index contributed by atoms with van der Waals surface area (Å²) in [5.41, 5.74) is 2.02. The van der Waals surface area contributed by atoms with Crippen LogP contribution in [0.15, 0.2) is 24.3 Å². The molecule has 0 aliphatic carbocycles. The van der Waals surface area contributed by atoms with Crippen LogP contribution in [0.25, 0.3) is 0 Å². The minimum Gasteiger partial charge on any atom is -0.322 e. The molecule has 2 aliphatic heterocycles. The third kappa shape index (κ3) is 2.59. The number of piperazine rings is 1. The Balaban J connectivity index is 1.63. The maximum absolute atomic E-state index is 12.3. The van der Waals surface area contributed by atoms with Crippen molar-refractivity contribution in [3.05, 3.63) is 29.8 Å². The Kier molecular flexibility index (Phi) is 3.42. The van der Waals surface area contributed by atoms with Crippen LogP contribution >= 0.6 is 0 Å². The quantitative estimate of drug-likeness (QED) is 0.840. The molecule has 1 atom stereocenters. The van der Waals surface area contributed by atoms with Gasteiger partial charge in [0.2, 0.25) is 0 Å². The van der Waals surface area contributed by atoms with Gasteiger partial charge in [0, 0.05) is 31.4 Å². The largest absolute Gasteiger partial charge is 0.322 e. The molecule has 3 rings (SSSR count). The van der Waals surface area contributed by atoms with E-state index in [9.17, 15) is 4.79 Å². The summed E-state index contributed by atoms with van der Waals surface area (Å²) in [6, 6.07) is 8.54. The summed E-state index contributed by atoms with van der Waals surface area (Å²) in [6.07, 6.45) is 2.51. The highest BCUT2D eigenvalue weighted by molar-refractivity contribution is 5.90. The summed E-state index contributed by atoms with van der Waals surface area (Å²) >= 11 is 0.